The second-order valence-electron chi connectivity index (χ2n) is 8.01. The number of rotatable bonds is 7. The Morgan fingerprint density at radius 2 is 1.77 bits per heavy atom. The largest absolute Gasteiger partial charge is 0.493 e. The van der Waals surface area contributed by atoms with Gasteiger partial charge < -0.3 is 19.7 Å². The topological polar surface area (TPSA) is 67.9 Å². The fraction of sp³-hybridized carbons (Fsp3) is 0.417. The van der Waals surface area contributed by atoms with Gasteiger partial charge in [-0.05, 0) is 43.0 Å². The molecular formula is C24H30N2O4. The van der Waals surface area contributed by atoms with Gasteiger partial charge in [0.05, 0.1) is 26.1 Å². The van der Waals surface area contributed by atoms with Crippen LogP contribution >= 0.6 is 0 Å². The third-order valence-electron chi connectivity index (χ3n) is 5.70. The first kappa shape index (κ1) is 21.7. The van der Waals surface area contributed by atoms with E-state index in [4.69, 9.17) is 9.47 Å². The van der Waals surface area contributed by atoms with Gasteiger partial charge in [0.25, 0.3) is 0 Å². The van der Waals surface area contributed by atoms with Crippen LogP contribution in [0.2, 0.25) is 0 Å². The van der Waals surface area contributed by atoms with Crippen molar-refractivity contribution < 1.29 is 19.1 Å². The highest BCUT2D eigenvalue weighted by molar-refractivity contribution is 5.85. The van der Waals surface area contributed by atoms with Crippen molar-refractivity contribution in [2.45, 2.75) is 32.7 Å². The van der Waals surface area contributed by atoms with Crippen molar-refractivity contribution in [1.82, 2.24) is 10.2 Å². The zero-order valence-electron chi connectivity index (χ0n) is 17.9. The molecule has 6 nitrogen and oxygen atoms in total. The van der Waals surface area contributed by atoms with Crippen LogP contribution in [0.15, 0.2) is 48.5 Å². The Morgan fingerprint density at radius 1 is 1.03 bits per heavy atom. The van der Waals surface area contributed by atoms with Gasteiger partial charge in [0.2, 0.25) is 11.8 Å². The minimum absolute atomic E-state index is 0.00466. The number of hydrogen-bond donors (Lipinski definition) is 1. The molecule has 0 aliphatic carbocycles. The molecule has 0 aromatic heterocycles. The quantitative estimate of drug-likeness (QED) is 0.761. The van der Waals surface area contributed by atoms with Crippen LogP contribution in [0.3, 0.4) is 0 Å². The summed E-state index contributed by atoms with van der Waals surface area (Å²) in [5.41, 5.74) is 1.34. The smallest absolute Gasteiger partial charge is 0.227 e. The lowest BCUT2D eigenvalue weighted by Gasteiger charge is -2.39. The fourth-order valence-corrected chi connectivity index (χ4v) is 3.91. The van der Waals surface area contributed by atoms with Crippen LogP contribution in [-0.4, -0.2) is 44.0 Å². The average Bonchev–Trinajstić information content (AvgIpc) is 2.78. The van der Waals surface area contributed by atoms with Crippen molar-refractivity contribution in [3.63, 3.8) is 0 Å². The molecule has 1 N–H and O–H groups in total. The van der Waals surface area contributed by atoms with Crippen LogP contribution in [-0.2, 0) is 22.6 Å². The summed E-state index contributed by atoms with van der Waals surface area (Å²) < 4.78 is 10.6. The van der Waals surface area contributed by atoms with Crippen LogP contribution in [0.4, 0.5) is 0 Å². The number of nitrogens with one attached hydrogen (secondary N) is 1. The van der Waals surface area contributed by atoms with E-state index in [9.17, 15) is 9.59 Å². The molecule has 1 saturated heterocycles. The molecule has 2 amide bonds. The Balaban J connectivity index is 1.61. The SMILES string of the molecule is COc1ccc(CC(=O)N2CCCC(C)(C(=O)NCc3ccccc3)C2)cc1OC. The Labute approximate surface area is 178 Å². The lowest BCUT2D eigenvalue weighted by Crippen LogP contribution is -2.52. The number of ether oxygens (including phenoxy) is 2. The predicted octanol–water partition coefficient (Wildman–Crippen LogP) is 3.19. The van der Waals surface area contributed by atoms with E-state index in [2.05, 4.69) is 5.32 Å². The van der Waals surface area contributed by atoms with Crippen molar-refractivity contribution >= 4 is 11.8 Å². The van der Waals surface area contributed by atoms with Gasteiger partial charge in [-0.3, -0.25) is 9.59 Å². The maximum Gasteiger partial charge on any atom is 0.227 e. The van der Waals surface area contributed by atoms with E-state index >= 15 is 0 Å². The van der Waals surface area contributed by atoms with Gasteiger partial charge in [-0.15, -0.1) is 0 Å². The number of hydrogen-bond acceptors (Lipinski definition) is 4. The fourth-order valence-electron chi connectivity index (χ4n) is 3.91. The lowest BCUT2D eigenvalue weighted by atomic mass is 9.80. The van der Waals surface area contributed by atoms with Crippen LogP contribution in [0.1, 0.15) is 30.9 Å². The maximum absolute atomic E-state index is 12.9. The second-order valence-corrected chi connectivity index (χ2v) is 8.01. The molecule has 6 heteroatoms. The number of methoxy groups -OCH3 is 2. The monoisotopic (exact) mass is 410 g/mol. The minimum atomic E-state index is -0.583. The first-order valence-corrected chi connectivity index (χ1v) is 10.3. The van der Waals surface area contributed by atoms with E-state index in [0.717, 1.165) is 24.0 Å². The number of carbonyl (C=O) groups is 2. The summed E-state index contributed by atoms with van der Waals surface area (Å²) in [5.74, 6) is 1.25. The molecule has 30 heavy (non-hydrogen) atoms. The van der Waals surface area contributed by atoms with Gasteiger partial charge >= 0.3 is 0 Å². The van der Waals surface area contributed by atoms with Gasteiger partial charge in [0.1, 0.15) is 0 Å². The molecule has 1 unspecified atom stereocenters. The number of benzene rings is 2. The Kier molecular flexibility index (Phi) is 6.98. The minimum Gasteiger partial charge on any atom is -0.493 e. The van der Waals surface area contributed by atoms with E-state index in [0.29, 0.717) is 31.1 Å². The highest BCUT2D eigenvalue weighted by Crippen LogP contribution is 2.31. The number of piperidine rings is 1. The van der Waals surface area contributed by atoms with E-state index in [1.54, 1.807) is 20.3 Å². The first-order valence-electron chi connectivity index (χ1n) is 10.3. The normalized spacial score (nSPS) is 18.6. The molecule has 160 valence electrons. The average molecular weight is 411 g/mol. The summed E-state index contributed by atoms with van der Waals surface area (Å²) in [5, 5.41) is 3.04. The molecule has 2 aromatic carbocycles. The summed E-state index contributed by atoms with van der Waals surface area (Å²) in [6, 6.07) is 15.3. The molecule has 2 aromatic rings. The van der Waals surface area contributed by atoms with Gasteiger partial charge in [0.15, 0.2) is 11.5 Å². The number of carbonyl (C=O) groups excluding carboxylic acids is 2. The van der Waals surface area contributed by atoms with Crippen molar-refractivity contribution in [2.75, 3.05) is 27.3 Å². The van der Waals surface area contributed by atoms with Gasteiger partial charge in [-0.1, -0.05) is 36.4 Å². The van der Waals surface area contributed by atoms with E-state index < -0.39 is 5.41 Å². The molecule has 1 heterocycles. The third-order valence-corrected chi connectivity index (χ3v) is 5.70. The van der Waals surface area contributed by atoms with Crippen LogP contribution < -0.4 is 14.8 Å². The van der Waals surface area contributed by atoms with Crippen molar-refractivity contribution in [3.05, 3.63) is 59.7 Å². The van der Waals surface area contributed by atoms with Gasteiger partial charge in [0, 0.05) is 19.6 Å². The highest BCUT2D eigenvalue weighted by Gasteiger charge is 2.39. The summed E-state index contributed by atoms with van der Waals surface area (Å²) >= 11 is 0. The molecule has 1 fully saturated rings. The number of likely N-dealkylation sites (tertiary alicyclic amines) is 1. The summed E-state index contributed by atoms with van der Waals surface area (Å²) in [4.78, 5) is 27.6. The van der Waals surface area contributed by atoms with Crippen molar-refractivity contribution in [2.24, 2.45) is 5.41 Å². The molecule has 0 radical (unpaired) electrons. The van der Waals surface area contributed by atoms with E-state index in [1.165, 1.54) is 0 Å². The molecular weight excluding hydrogens is 380 g/mol. The second kappa shape index (κ2) is 9.65. The van der Waals surface area contributed by atoms with Crippen LogP contribution in [0.25, 0.3) is 0 Å². The third kappa shape index (κ3) is 5.12. The van der Waals surface area contributed by atoms with Crippen molar-refractivity contribution in [3.8, 4) is 11.5 Å². The Bertz CT molecular complexity index is 884. The summed E-state index contributed by atoms with van der Waals surface area (Å²) in [7, 11) is 3.16. The Hall–Kier alpha value is -3.02. The van der Waals surface area contributed by atoms with Gasteiger partial charge in [-0.25, -0.2) is 0 Å². The predicted molar refractivity (Wildman–Crippen MR) is 115 cm³/mol. The van der Waals surface area contributed by atoms with Crippen LogP contribution in [0.5, 0.6) is 11.5 Å². The molecule has 3 rings (SSSR count). The summed E-state index contributed by atoms with van der Waals surface area (Å²) in [6.07, 6.45) is 1.85. The first-order chi connectivity index (χ1) is 14.4. The lowest BCUT2D eigenvalue weighted by molar-refractivity contribution is -0.140. The van der Waals surface area contributed by atoms with Gasteiger partial charge in [-0.2, -0.15) is 0 Å². The van der Waals surface area contributed by atoms with Crippen molar-refractivity contribution in [1.29, 1.82) is 0 Å². The van der Waals surface area contributed by atoms with E-state index in [1.807, 2.05) is 54.3 Å². The molecule has 1 atom stereocenters. The molecule has 0 saturated carbocycles. The molecule has 1 aliphatic heterocycles. The molecule has 0 bridgehead atoms. The number of nitrogens with zero attached hydrogens (tertiary/aromatic N) is 1. The standard InChI is InChI=1S/C24H30N2O4/c1-24(23(28)25-16-18-8-5-4-6-9-18)12-7-13-26(17-24)22(27)15-19-10-11-20(29-2)21(14-19)30-3/h4-6,8-11,14H,7,12-13,15-17H2,1-3H3,(H,25,28). The van der Waals surface area contributed by atoms with Crippen LogP contribution in [0, 0.1) is 5.41 Å². The Morgan fingerprint density at radius 3 is 2.47 bits per heavy atom. The highest BCUT2D eigenvalue weighted by atomic mass is 16.5. The number of amides is 2. The zero-order chi connectivity index (χ0) is 21.6. The zero-order valence-corrected chi connectivity index (χ0v) is 17.9. The summed E-state index contributed by atoms with van der Waals surface area (Å²) in [6.45, 7) is 3.55. The van der Waals surface area contributed by atoms with E-state index in [-0.39, 0.29) is 18.2 Å². The molecule has 1 aliphatic rings. The molecule has 0 spiro atoms. The maximum atomic E-state index is 12.9.